The van der Waals surface area contributed by atoms with Crippen LogP contribution in [0, 0.1) is 17.3 Å². The van der Waals surface area contributed by atoms with Gasteiger partial charge in [0.1, 0.15) is 0 Å². The van der Waals surface area contributed by atoms with Crippen LogP contribution in [0.25, 0.3) is 0 Å². The second kappa shape index (κ2) is 6.60. The van der Waals surface area contributed by atoms with Crippen molar-refractivity contribution in [3.63, 3.8) is 0 Å². The quantitative estimate of drug-likeness (QED) is 0.772. The summed E-state index contributed by atoms with van der Waals surface area (Å²) in [6.45, 7) is 8.93. The second-order valence-electron chi connectivity index (χ2n) is 6.19. The Morgan fingerprint density at radius 1 is 1.41 bits per heavy atom. The normalized spacial score (nSPS) is 17.5. The van der Waals surface area contributed by atoms with E-state index in [1.165, 1.54) is 12.8 Å². The Labute approximate surface area is 111 Å². The molecule has 0 spiro atoms. The molecule has 4 heteroatoms. The van der Waals surface area contributed by atoms with E-state index in [0.29, 0.717) is 18.4 Å². The maximum atomic E-state index is 12.0. The number of nitrogens with two attached hydrogens (primary N) is 1. The molecule has 1 unspecified atom stereocenters. The molecule has 1 atom stereocenters. The summed E-state index contributed by atoms with van der Waals surface area (Å²) >= 11 is 0. The molecule has 1 fully saturated rings. The average molecular weight is 263 g/mol. The zero-order valence-electron chi connectivity index (χ0n) is 11.5. The Hall–Kier alpha value is -0.280. The third kappa shape index (κ3) is 5.73. The van der Waals surface area contributed by atoms with Crippen molar-refractivity contribution >= 4 is 18.3 Å². The fourth-order valence-corrected chi connectivity index (χ4v) is 2.25. The van der Waals surface area contributed by atoms with E-state index in [1.54, 1.807) is 0 Å². The van der Waals surface area contributed by atoms with Gasteiger partial charge in [-0.05, 0) is 31.1 Å². The largest absolute Gasteiger partial charge is 0.354 e. The van der Waals surface area contributed by atoms with Crippen LogP contribution in [0.5, 0.6) is 0 Å². The monoisotopic (exact) mass is 262 g/mol. The molecule has 0 aliphatic heterocycles. The zero-order chi connectivity index (χ0) is 12.3. The van der Waals surface area contributed by atoms with Gasteiger partial charge in [-0.2, -0.15) is 0 Å². The van der Waals surface area contributed by atoms with Crippen LogP contribution in [0.15, 0.2) is 0 Å². The molecule has 17 heavy (non-hydrogen) atoms. The number of nitrogens with one attached hydrogen (secondary N) is 1. The minimum absolute atomic E-state index is 0. The van der Waals surface area contributed by atoms with Gasteiger partial charge in [0.25, 0.3) is 0 Å². The molecular weight excluding hydrogens is 236 g/mol. The highest BCUT2D eigenvalue weighted by Crippen LogP contribution is 2.31. The smallest absolute Gasteiger partial charge is 0.225 e. The lowest BCUT2D eigenvalue weighted by molar-refractivity contribution is -0.130. The van der Waals surface area contributed by atoms with E-state index < -0.39 is 0 Å². The molecule has 1 rings (SSSR count). The first-order chi connectivity index (χ1) is 7.33. The number of hydrogen-bond donors (Lipinski definition) is 2. The van der Waals surface area contributed by atoms with E-state index in [1.807, 2.05) is 13.8 Å². The van der Waals surface area contributed by atoms with Crippen molar-refractivity contribution in [2.45, 2.75) is 53.0 Å². The first-order valence-electron chi connectivity index (χ1n) is 6.37. The Bertz CT molecular complexity index is 250. The van der Waals surface area contributed by atoms with Gasteiger partial charge in [-0.3, -0.25) is 4.79 Å². The standard InChI is InChI=1S/C13H26N2O.ClH/c1-9(2)7-13(3,4)12(16)15-8-11(14)10-5-6-10;/h9-11H,5-8,14H2,1-4H3,(H,15,16);1H. The second-order valence-corrected chi connectivity index (χ2v) is 6.19. The average Bonchev–Trinajstić information content (AvgIpc) is 2.94. The lowest BCUT2D eigenvalue weighted by Crippen LogP contribution is -2.44. The summed E-state index contributed by atoms with van der Waals surface area (Å²) < 4.78 is 0. The van der Waals surface area contributed by atoms with E-state index in [9.17, 15) is 4.79 Å². The minimum atomic E-state index is -0.280. The van der Waals surface area contributed by atoms with Gasteiger partial charge in [-0.25, -0.2) is 0 Å². The lowest BCUT2D eigenvalue weighted by Gasteiger charge is -2.26. The van der Waals surface area contributed by atoms with E-state index in [-0.39, 0.29) is 29.8 Å². The van der Waals surface area contributed by atoms with E-state index in [4.69, 9.17) is 5.73 Å². The molecule has 1 aliphatic rings. The fourth-order valence-electron chi connectivity index (χ4n) is 2.25. The van der Waals surface area contributed by atoms with Crippen LogP contribution in [0.4, 0.5) is 0 Å². The molecule has 1 aliphatic carbocycles. The van der Waals surface area contributed by atoms with Gasteiger partial charge in [-0.1, -0.05) is 27.7 Å². The van der Waals surface area contributed by atoms with Crippen molar-refractivity contribution in [2.24, 2.45) is 23.0 Å². The number of amides is 1. The number of carbonyl (C=O) groups excluding carboxylic acids is 1. The van der Waals surface area contributed by atoms with Gasteiger partial charge in [0.15, 0.2) is 0 Å². The van der Waals surface area contributed by atoms with Crippen molar-refractivity contribution in [3.05, 3.63) is 0 Å². The van der Waals surface area contributed by atoms with Gasteiger partial charge in [0.2, 0.25) is 5.91 Å². The number of halogens is 1. The molecule has 3 nitrogen and oxygen atoms in total. The Balaban J connectivity index is 0.00000256. The Morgan fingerprint density at radius 2 is 1.94 bits per heavy atom. The van der Waals surface area contributed by atoms with Crippen LogP contribution >= 0.6 is 12.4 Å². The summed E-state index contributed by atoms with van der Waals surface area (Å²) in [6, 6.07) is 0.152. The molecule has 0 aromatic carbocycles. The van der Waals surface area contributed by atoms with Crippen LogP contribution in [0.3, 0.4) is 0 Å². The fraction of sp³-hybridized carbons (Fsp3) is 0.923. The van der Waals surface area contributed by atoms with Crippen molar-refractivity contribution < 1.29 is 4.79 Å². The predicted molar refractivity (Wildman–Crippen MR) is 74.2 cm³/mol. The first-order valence-corrected chi connectivity index (χ1v) is 6.37. The molecule has 0 saturated heterocycles. The van der Waals surface area contributed by atoms with Crippen molar-refractivity contribution in [1.29, 1.82) is 0 Å². The van der Waals surface area contributed by atoms with Crippen LogP contribution in [0.1, 0.15) is 47.0 Å². The molecule has 3 N–H and O–H groups in total. The highest BCUT2D eigenvalue weighted by atomic mass is 35.5. The SMILES string of the molecule is CC(C)CC(C)(C)C(=O)NCC(N)C1CC1.Cl. The molecule has 1 saturated carbocycles. The summed E-state index contributed by atoms with van der Waals surface area (Å²) in [5, 5.41) is 2.99. The molecule has 1 amide bonds. The van der Waals surface area contributed by atoms with E-state index >= 15 is 0 Å². The summed E-state index contributed by atoms with van der Waals surface area (Å²) in [5.41, 5.74) is 5.68. The predicted octanol–water partition coefficient (Wildman–Crippen LogP) is 2.33. The zero-order valence-corrected chi connectivity index (χ0v) is 12.3. The van der Waals surface area contributed by atoms with Crippen LogP contribution in [0.2, 0.25) is 0 Å². The van der Waals surface area contributed by atoms with Gasteiger partial charge in [0.05, 0.1) is 0 Å². The molecule has 0 aromatic rings. The van der Waals surface area contributed by atoms with E-state index in [2.05, 4.69) is 19.2 Å². The highest BCUT2D eigenvalue weighted by Gasteiger charge is 2.31. The topological polar surface area (TPSA) is 55.1 Å². The molecule has 0 heterocycles. The third-order valence-corrected chi connectivity index (χ3v) is 3.26. The molecule has 0 radical (unpaired) electrons. The van der Waals surface area contributed by atoms with E-state index in [0.717, 1.165) is 6.42 Å². The lowest BCUT2D eigenvalue weighted by atomic mass is 9.83. The maximum Gasteiger partial charge on any atom is 0.225 e. The van der Waals surface area contributed by atoms with Crippen LogP contribution in [-0.2, 0) is 4.79 Å². The van der Waals surface area contributed by atoms with Gasteiger partial charge in [0, 0.05) is 18.0 Å². The summed E-state index contributed by atoms with van der Waals surface area (Å²) in [6.07, 6.45) is 3.37. The van der Waals surface area contributed by atoms with Crippen LogP contribution < -0.4 is 11.1 Å². The highest BCUT2D eigenvalue weighted by molar-refractivity contribution is 5.85. The van der Waals surface area contributed by atoms with Gasteiger partial charge in [-0.15, -0.1) is 12.4 Å². The summed E-state index contributed by atoms with van der Waals surface area (Å²) in [4.78, 5) is 12.0. The Morgan fingerprint density at radius 3 is 2.35 bits per heavy atom. The molecule has 0 aromatic heterocycles. The molecular formula is C13H27ClN2O. The molecule has 102 valence electrons. The number of hydrogen-bond acceptors (Lipinski definition) is 2. The number of rotatable bonds is 6. The summed E-state index contributed by atoms with van der Waals surface area (Å²) in [5.74, 6) is 1.32. The third-order valence-electron chi connectivity index (χ3n) is 3.26. The first kappa shape index (κ1) is 16.7. The maximum absolute atomic E-state index is 12.0. The molecule has 0 bridgehead atoms. The van der Waals surface area contributed by atoms with Crippen molar-refractivity contribution in [2.75, 3.05) is 6.54 Å². The minimum Gasteiger partial charge on any atom is -0.354 e. The van der Waals surface area contributed by atoms with Crippen molar-refractivity contribution in [1.82, 2.24) is 5.32 Å². The number of carbonyl (C=O) groups is 1. The Kier molecular flexibility index (Phi) is 6.49. The van der Waals surface area contributed by atoms with Gasteiger partial charge >= 0.3 is 0 Å². The van der Waals surface area contributed by atoms with Crippen molar-refractivity contribution in [3.8, 4) is 0 Å². The van der Waals surface area contributed by atoms with Gasteiger partial charge < -0.3 is 11.1 Å². The van der Waals surface area contributed by atoms with Crippen LogP contribution in [-0.4, -0.2) is 18.5 Å². The summed E-state index contributed by atoms with van der Waals surface area (Å²) in [7, 11) is 0.